The third kappa shape index (κ3) is 5.97. The molecule has 31 heavy (non-hydrogen) atoms. The average Bonchev–Trinajstić information content (AvgIpc) is 3.20. The molecule has 0 saturated carbocycles. The number of carbonyl (C=O) groups is 1. The fourth-order valence-corrected chi connectivity index (χ4v) is 3.04. The Morgan fingerprint density at radius 2 is 2.03 bits per heavy atom. The number of likely N-dealkylation sites (tertiary alicyclic amines) is 1. The van der Waals surface area contributed by atoms with Crippen LogP contribution in [-0.2, 0) is 20.9 Å². The summed E-state index contributed by atoms with van der Waals surface area (Å²) in [5.74, 6) is -0.344. The maximum atomic E-state index is 14.1. The molecule has 1 fully saturated rings. The van der Waals surface area contributed by atoms with E-state index in [4.69, 9.17) is 14.0 Å². The quantitative estimate of drug-likeness (QED) is 0.629. The maximum absolute atomic E-state index is 14.1. The summed E-state index contributed by atoms with van der Waals surface area (Å²) in [5.41, 5.74) is -0.427. The molecule has 0 aliphatic carbocycles. The molecule has 2 aromatic rings. The number of rotatable bonds is 6. The van der Waals surface area contributed by atoms with Crippen LogP contribution < -0.4 is 0 Å². The molecule has 11 heteroatoms. The van der Waals surface area contributed by atoms with Gasteiger partial charge in [-0.3, -0.25) is 0 Å². The van der Waals surface area contributed by atoms with E-state index < -0.39 is 11.4 Å². The highest BCUT2D eigenvalue weighted by Gasteiger charge is 2.28. The van der Waals surface area contributed by atoms with Gasteiger partial charge in [0.15, 0.2) is 7.11 Å². The largest absolute Gasteiger partial charge is 0.444 e. The van der Waals surface area contributed by atoms with Crippen LogP contribution in [0.5, 0.6) is 0 Å². The van der Waals surface area contributed by atoms with Crippen LogP contribution in [0.1, 0.15) is 39.5 Å². The van der Waals surface area contributed by atoms with Gasteiger partial charge in [0, 0.05) is 24.7 Å². The van der Waals surface area contributed by atoms with Crippen LogP contribution in [0.2, 0.25) is 0 Å². The van der Waals surface area contributed by atoms with Crippen LogP contribution in [0.15, 0.2) is 22.7 Å². The minimum absolute atomic E-state index is 0.0529. The minimum atomic E-state index is -0.770. The number of ether oxygens (including phenoxy) is 2. The number of benzene rings is 1. The predicted octanol–water partition coefficient (Wildman–Crippen LogP) is 3.76. The minimum Gasteiger partial charge on any atom is -0.444 e. The molecule has 0 radical (unpaired) electrons. The van der Waals surface area contributed by atoms with Crippen molar-refractivity contribution in [1.82, 2.24) is 15.0 Å². The van der Waals surface area contributed by atoms with Crippen LogP contribution >= 0.6 is 0 Å². The molecule has 1 aromatic carbocycles. The predicted molar refractivity (Wildman–Crippen MR) is 106 cm³/mol. The van der Waals surface area contributed by atoms with Gasteiger partial charge >= 0.3 is 11.8 Å². The summed E-state index contributed by atoms with van der Waals surface area (Å²) in [6, 6.07) is 3.89. The molecule has 168 valence electrons. The molecule has 2 heterocycles. The first-order valence-corrected chi connectivity index (χ1v) is 9.89. The van der Waals surface area contributed by atoms with Gasteiger partial charge in [-0.25, -0.2) is 9.63 Å². The number of halogens is 1. The number of hydrogen-bond acceptors (Lipinski definition) is 8. The molecule has 1 saturated heterocycles. The monoisotopic (exact) mass is 437 g/mol. The Bertz CT molecular complexity index is 934. The van der Waals surface area contributed by atoms with Gasteiger partial charge < -0.3 is 18.9 Å². The van der Waals surface area contributed by atoms with Crippen LogP contribution in [0.4, 0.5) is 14.9 Å². The highest BCUT2D eigenvalue weighted by molar-refractivity contribution is 5.68. The molecule has 0 bridgehead atoms. The van der Waals surface area contributed by atoms with Gasteiger partial charge in [-0.15, -0.1) is 0 Å². The lowest BCUT2D eigenvalue weighted by Crippen LogP contribution is -2.43. The second-order valence-corrected chi connectivity index (χ2v) is 8.10. The van der Waals surface area contributed by atoms with E-state index in [1.165, 1.54) is 12.1 Å². The Morgan fingerprint density at radius 1 is 1.32 bits per heavy atom. The topological polar surface area (TPSA) is 107 Å². The van der Waals surface area contributed by atoms with Crippen molar-refractivity contribution in [1.29, 1.82) is 0 Å². The summed E-state index contributed by atoms with van der Waals surface area (Å²) in [6.45, 7) is 6.68. The Morgan fingerprint density at radius 3 is 2.65 bits per heavy atom. The first kappa shape index (κ1) is 22.6. The van der Waals surface area contributed by atoms with Gasteiger partial charge in [0.05, 0.1) is 11.0 Å². The molecule has 1 aliphatic rings. The second kappa shape index (κ2) is 9.38. The van der Waals surface area contributed by atoms with E-state index in [9.17, 15) is 14.1 Å². The number of carbonyl (C=O) groups excluding carboxylic acids is 1. The Balaban J connectivity index is 1.51. The van der Waals surface area contributed by atoms with Gasteiger partial charge in [0.2, 0.25) is 11.6 Å². The number of amides is 1. The molecule has 1 amide bonds. The van der Waals surface area contributed by atoms with Gasteiger partial charge in [-0.05, 0) is 45.7 Å². The highest BCUT2D eigenvalue weighted by atomic mass is 19.1. The molecule has 3 rings (SSSR count). The zero-order chi connectivity index (χ0) is 22.6. The molecular weight excluding hydrogens is 411 g/mol. The van der Waals surface area contributed by atoms with E-state index in [0.29, 0.717) is 31.5 Å². The zero-order valence-electron chi connectivity index (χ0n) is 18.0. The lowest BCUT2D eigenvalue weighted by Gasteiger charge is -2.33. The summed E-state index contributed by atoms with van der Waals surface area (Å²) in [7, 11) is 1.15. The average molecular weight is 437 g/mol. The molecule has 0 spiro atoms. The van der Waals surface area contributed by atoms with Crippen LogP contribution in [0.3, 0.4) is 0 Å². The van der Waals surface area contributed by atoms with E-state index in [1.807, 2.05) is 20.8 Å². The van der Waals surface area contributed by atoms with E-state index >= 15 is 0 Å². The number of nitrogens with zero attached hydrogens (tertiary/aromatic N) is 4. The standard InChI is InChI=1S/C20H26FN4O6/c1-20(2,3)30-19(26)24-9-7-14(8-10-24)29-12-17-22-18(23-31-17)13-5-6-16(15(21)11-13)25(27)28-4/h5-6,11,14H,7-10,12H2,1-4H3/q+1. The Hall–Kier alpha value is -3.08. The van der Waals surface area contributed by atoms with E-state index in [2.05, 4.69) is 15.0 Å². The Kier molecular flexibility index (Phi) is 6.84. The summed E-state index contributed by atoms with van der Waals surface area (Å²) in [5, 5.41) is 3.83. The summed E-state index contributed by atoms with van der Waals surface area (Å²) in [4.78, 5) is 33.9. The van der Waals surface area contributed by atoms with E-state index in [1.54, 1.807) is 4.90 Å². The number of aromatic nitrogens is 2. The van der Waals surface area contributed by atoms with E-state index in [0.717, 1.165) is 13.2 Å². The van der Waals surface area contributed by atoms with Crippen LogP contribution in [0, 0.1) is 10.7 Å². The van der Waals surface area contributed by atoms with Gasteiger partial charge in [-0.2, -0.15) is 9.37 Å². The molecule has 1 aromatic heterocycles. The van der Waals surface area contributed by atoms with Crippen molar-refractivity contribution in [2.75, 3.05) is 20.2 Å². The summed E-state index contributed by atoms with van der Waals surface area (Å²) >= 11 is 0. The van der Waals surface area contributed by atoms with Gasteiger partial charge in [0.1, 0.15) is 12.2 Å². The summed E-state index contributed by atoms with van der Waals surface area (Å²) in [6.07, 6.45) is 0.954. The van der Waals surface area contributed by atoms with E-state index in [-0.39, 0.29) is 41.1 Å². The maximum Gasteiger partial charge on any atom is 0.410 e. The fraction of sp³-hybridized carbons (Fsp3) is 0.550. The van der Waals surface area contributed by atoms with Crippen molar-refractivity contribution >= 4 is 11.8 Å². The van der Waals surface area contributed by atoms with Crippen molar-refractivity contribution in [3.8, 4) is 11.4 Å². The molecule has 1 aliphatic heterocycles. The first-order valence-electron chi connectivity index (χ1n) is 9.89. The number of piperidine rings is 1. The van der Waals surface area contributed by atoms with Crippen molar-refractivity contribution in [3.05, 3.63) is 34.8 Å². The zero-order valence-corrected chi connectivity index (χ0v) is 18.0. The molecule has 0 unspecified atom stereocenters. The lowest BCUT2D eigenvalue weighted by molar-refractivity contribution is -0.737. The number of hydrogen-bond donors (Lipinski definition) is 0. The van der Waals surface area contributed by atoms with Gasteiger partial charge in [0.25, 0.3) is 10.8 Å². The van der Waals surface area contributed by atoms with Crippen molar-refractivity contribution < 1.29 is 32.9 Å². The lowest BCUT2D eigenvalue weighted by atomic mass is 10.1. The molecular formula is C20H26FN4O6+. The molecule has 0 N–H and O–H groups in total. The molecule has 10 nitrogen and oxygen atoms in total. The van der Waals surface area contributed by atoms with Crippen molar-refractivity contribution in [2.45, 2.75) is 51.9 Å². The van der Waals surface area contributed by atoms with Crippen LogP contribution in [0.25, 0.3) is 11.4 Å². The molecule has 0 atom stereocenters. The third-order valence-electron chi connectivity index (χ3n) is 4.57. The highest BCUT2D eigenvalue weighted by Crippen LogP contribution is 2.24. The van der Waals surface area contributed by atoms with Crippen LogP contribution in [-0.4, -0.2) is 58.0 Å². The first-order chi connectivity index (χ1) is 14.7. The Labute approximate surface area is 178 Å². The smallest absolute Gasteiger partial charge is 0.410 e. The normalized spacial score (nSPS) is 15.1. The van der Waals surface area contributed by atoms with Gasteiger partial charge in [-0.1, -0.05) is 5.16 Å². The fourth-order valence-electron chi connectivity index (χ4n) is 3.04. The van der Waals surface area contributed by atoms with Crippen molar-refractivity contribution in [2.24, 2.45) is 0 Å². The third-order valence-corrected chi connectivity index (χ3v) is 4.57. The SMILES string of the molecule is CO[N+](=O)c1ccc(-c2noc(COC3CCN(C(=O)OC(C)(C)C)CC3)n2)cc1F. The van der Waals surface area contributed by atoms with Crippen molar-refractivity contribution in [3.63, 3.8) is 0 Å². The second-order valence-electron chi connectivity index (χ2n) is 8.10. The summed E-state index contributed by atoms with van der Waals surface area (Å²) < 4.78 is 30.5.